The lowest BCUT2D eigenvalue weighted by Gasteiger charge is -2.33. The molecule has 0 bridgehead atoms. The molecule has 1 fully saturated rings. The molecule has 2 aromatic rings. The van der Waals surface area contributed by atoms with E-state index in [2.05, 4.69) is 15.3 Å². The summed E-state index contributed by atoms with van der Waals surface area (Å²) in [7, 11) is 0. The molecule has 7 heteroatoms. The van der Waals surface area contributed by atoms with Crippen LogP contribution in [0.25, 0.3) is 0 Å². The highest BCUT2D eigenvalue weighted by atomic mass is 16.5. The lowest BCUT2D eigenvalue weighted by atomic mass is 9.93. The van der Waals surface area contributed by atoms with Crippen molar-refractivity contribution in [3.05, 3.63) is 28.7 Å². The first-order chi connectivity index (χ1) is 11.0. The van der Waals surface area contributed by atoms with Crippen molar-refractivity contribution >= 4 is 5.91 Å². The van der Waals surface area contributed by atoms with Crippen LogP contribution in [0.2, 0.25) is 0 Å². The standard InChI is InChI=1S/C16H22N4O3/c1-9(14-10(2)18-22-11(14)3)16(21)20-7-5-6-13(8-20)15-17-12(4)23-19-15/h9,13H,5-8H2,1-4H3/t9-,13-/m1/s1. The average Bonchev–Trinajstić information content (AvgIpc) is 3.12. The maximum Gasteiger partial charge on any atom is 0.230 e. The van der Waals surface area contributed by atoms with Crippen LogP contribution < -0.4 is 0 Å². The zero-order valence-corrected chi connectivity index (χ0v) is 14.0. The minimum Gasteiger partial charge on any atom is -0.361 e. The molecule has 2 atom stereocenters. The van der Waals surface area contributed by atoms with Gasteiger partial charge in [-0.3, -0.25) is 4.79 Å². The molecule has 3 rings (SSSR count). The van der Waals surface area contributed by atoms with Crippen LogP contribution in [0, 0.1) is 20.8 Å². The van der Waals surface area contributed by atoms with Crippen molar-refractivity contribution in [3.63, 3.8) is 0 Å². The van der Waals surface area contributed by atoms with Gasteiger partial charge in [0.05, 0.1) is 11.6 Å². The van der Waals surface area contributed by atoms with E-state index >= 15 is 0 Å². The van der Waals surface area contributed by atoms with Crippen molar-refractivity contribution < 1.29 is 13.8 Å². The van der Waals surface area contributed by atoms with Crippen LogP contribution in [0.15, 0.2) is 9.05 Å². The molecule has 0 spiro atoms. The Hall–Kier alpha value is -2.18. The van der Waals surface area contributed by atoms with Gasteiger partial charge in [0.2, 0.25) is 11.8 Å². The summed E-state index contributed by atoms with van der Waals surface area (Å²) in [6.45, 7) is 8.81. The molecule has 23 heavy (non-hydrogen) atoms. The van der Waals surface area contributed by atoms with Crippen molar-refractivity contribution in [2.45, 2.75) is 52.4 Å². The van der Waals surface area contributed by atoms with Crippen molar-refractivity contribution in [2.75, 3.05) is 13.1 Å². The van der Waals surface area contributed by atoms with Gasteiger partial charge in [-0.25, -0.2) is 0 Å². The van der Waals surface area contributed by atoms with Gasteiger partial charge in [0.1, 0.15) is 5.76 Å². The lowest BCUT2D eigenvalue weighted by molar-refractivity contribution is -0.133. The van der Waals surface area contributed by atoms with Gasteiger partial charge in [-0.2, -0.15) is 4.98 Å². The molecule has 0 radical (unpaired) electrons. The van der Waals surface area contributed by atoms with Crippen LogP contribution >= 0.6 is 0 Å². The lowest BCUT2D eigenvalue weighted by Crippen LogP contribution is -2.41. The quantitative estimate of drug-likeness (QED) is 0.864. The van der Waals surface area contributed by atoms with Crippen molar-refractivity contribution in [1.29, 1.82) is 0 Å². The largest absolute Gasteiger partial charge is 0.361 e. The summed E-state index contributed by atoms with van der Waals surface area (Å²) in [5, 5.41) is 7.96. The summed E-state index contributed by atoms with van der Waals surface area (Å²) in [4.78, 5) is 19.1. The summed E-state index contributed by atoms with van der Waals surface area (Å²) < 4.78 is 10.3. The SMILES string of the molecule is Cc1nc([C@@H]2CCCN(C(=O)[C@H](C)c3c(C)noc3C)C2)no1. The van der Waals surface area contributed by atoms with Crippen LogP contribution in [-0.2, 0) is 4.79 Å². The fraction of sp³-hybridized carbons (Fsp3) is 0.625. The van der Waals surface area contributed by atoms with E-state index in [4.69, 9.17) is 9.05 Å². The number of hydrogen-bond donors (Lipinski definition) is 0. The van der Waals surface area contributed by atoms with Gasteiger partial charge in [-0.15, -0.1) is 0 Å². The fourth-order valence-corrected chi connectivity index (χ4v) is 3.37. The maximum absolute atomic E-state index is 12.9. The first-order valence-corrected chi connectivity index (χ1v) is 7.99. The second-order valence-electron chi connectivity index (χ2n) is 6.25. The van der Waals surface area contributed by atoms with Crippen LogP contribution in [0.5, 0.6) is 0 Å². The molecule has 1 saturated heterocycles. The number of carbonyl (C=O) groups is 1. The molecule has 1 aliphatic rings. The van der Waals surface area contributed by atoms with E-state index in [9.17, 15) is 4.79 Å². The average molecular weight is 318 g/mol. The summed E-state index contributed by atoms with van der Waals surface area (Å²) in [5.74, 6) is 1.96. The molecule has 2 aromatic heterocycles. The topological polar surface area (TPSA) is 85.3 Å². The van der Waals surface area contributed by atoms with Gasteiger partial charge >= 0.3 is 0 Å². The third-order valence-corrected chi connectivity index (χ3v) is 4.53. The number of piperidine rings is 1. The number of rotatable bonds is 3. The van der Waals surface area contributed by atoms with Gasteiger partial charge in [0, 0.05) is 31.5 Å². The molecule has 0 aromatic carbocycles. The first-order valence-electron chi connectivity index (χ1n) is 7.99. The molecule has 1 amide bonds. The van der Waals surface area contributed by atoms with Gasteiger partial charge in [0.25, 0.3) is 0 Å². The molecular weight excluding hydrogens is 296 g/mol. The summed E-state index contributed by atoms with van der Waals surface area (Å²) in [6.07, 6.45) is 1.92. The Morgan fingerprint density at radius 1 is 1.26 bits per heavy atom. The number of amides is 1. The van der Waals surface area contributed by atoms with E-state index in [1.165, 1.54) is 0 Å². The Morgan fingerprint density at radius 3 is 2.65 bits per heavy atom. The van der Waals surface area contributed by atoms with Gasteiger partial charge in [-0.05, 0) is 33.6 Å². The second kappa shape index (κ2) is 6.14. The summed E-state index contributed by atoms with van der Waals surface area (Å²) >= 11 is 0. The number of likely N-dealkylation sites (tertiary alicyclic amines) is 1. The molecular formula is C16H22N4O3. The highest BCUT2D eigenvalue weighted by Gasteiger charge is 2.32. The van der Waals surface area contributed by atoms with Crippen LogP contribution in [-0.4, -0.2) is 39.2 Å². The Bertz CT molecular complexity index is 686. The molecule has 0 saturated carbocycles. The highest BCUT2D eigenvalue weighted by Crippen LogP contribution is 2.29. The predicted octanol–water partition coefficient (Wildman–Crippen LogP) is 2.49. The van der Waals surface area contributed by atoms with E-state index in [-0.39, 0.29) is 17.7 Å². The normalized spacial score (nSPS) is 19.8. The predicted molar refractivity (Wildman–Crippen MR) is 82.0 cm³/mol. The zero-order chi connectivity index (χ0) is 16.6. The molecule has 0 unspecified atom stereocenters. The van der Waals surface area contributed by atoms with Gasteiger partial charge in [-0.1, -0.05) is 10.3 Å². The zero-order valence-electron chi connectivity index (χ0n) is 14.0. The molecule has 1 aliphatic heterocycles. The van der Waals surface area contributed by atoms with E-state index < -0.39 is 0 Å². The van der Waals surface area contributed by atoms with E-state index in [1.54, 1.807) is 6.92 Å². The van der Waals surface area contributed by atoms with E-state index in [1.807, 2.05) is 25.7 Å². The van der Waals surface area contributed by atoms with Crippen LogP contribution in [0.4, 0.5) is 0 Å². The number of nitrogens with zero attached hydrogens (tertiary/aromatic N) is 4. The van der Waals surface area contributed by atoms with Gasteiger partial charge < -0.3 is 13.9 Å². The number of hydrogen-bond acceptors (Lipinski definition) is 6. The maximum atomic E-state index is 12.9. The molecule has 0 N–H and O–H groups in total. The molecule has 0 aliphatic carbocycles. The third-order valence-electron chi connectivity index (χ3n) is 4.53. The molecule has 7 nitrogen and oxygen atoms in total. The number of carbonyl (C=O) groups excluding carboxylic acids is 1. The highest BCUT2D eigenvalue weighted by molar-refractivity contribution is 5.84. The van der Waals surface area contributed by atoms with Crippen LogP contribution in [0.1, 0.15) is 60.3 Å². The Kier molecular flexibility index (Phi) is 4.19. The second-order valence-corrected chi connectivity index (χ2v) is 6.25. The summed E-state index contributed by atoms with van der Waals surface area (Å²) in [6, 6.07) is 0. The first kappa shape index (κ1) is 15.7. The Labute approximate surface area is 135 Å². The molecule has 3 heterocycles. The minimum atomic E-state index is -0.257. The number of aryl methyl sites for hydroxylation is 3. The van der Waals surface area contributed by atoms with Crippen molar-refractivity contribution in [2.24, 2.45) is 0 Å². The Balaban J connectivity index is 1.74. The van der Waals surface area contributed by atoms with E-state index in [0.29, 0.717) is 24.0 Å². The number of aromatic nitrogens is 3. The van der Waals surface area contributed by atoms with Gasteiger partial charge in [0.15, 0.2) is 5.82 Å². The van der Waals surface area contributed by atoms with Crippen LogP contribution in [0.3, 0.4) is 0 Å². The minimum absolute atomic E-state index is 0.101. The third kappa shape index (κ3) is 3.00. The summed E-state index contributed by atoms with van der Waals surface area (Å²) in [5.41, 5.74) is 1.68. The fourth-order valence-electron chi connectivity index (χ4n) is 3.37. The van der Waals surface area contributed by atoms with Crippen molar-refractivity contribution in [1.82, 2.24) is 20.2 Å². The monoisotopic (exact) mass is 318 g/mol. The smallest absolute Gasteiger partial charge is 0.230 e. The molecule has 124 valence electrons. The van der Waals surface area contributed by atoms with Crippen molar-refractivity contribution in [3.8, 4) is 0 Å². The Morgan fingerprint density at radius 2 is 2.04 bits per heavy atom. The van der Waals surface area contributed by atoms with E-state index in [0.717, 1.165) is 30.6 Å².